The monoisotopic (exact) mass is 358 g/mol. The van der Waals surface area contributed by atoms with Crippen molar-refractivity contribution in [2.24, 2.45) is 0 Å². The molecular formula is C18H30O3S2. The van der Waals surface area contributed by atoms with E-state index in [0.29, 0.717) is 23.5 Å². The van der Waals surface area contributed by atoms with Crippen LogP contribution in [0.5, 0.6) is 0 Å². The van der Waals surface area contributed by atoms with E-state index in [9.17, 15) is 9.59 Å². The van der Waals surface area contributed by atoms with E-state index in [1.165, 1.54) is 23.5 Å². The van der Waals surface area contributed by atoms with Gasteiger partial charge in [0.2, 0.25) is 10.2 Å². The lowest BCUT2D eigenvalue weighted by Crippen LogP contribution is -2.29. The van der Waals surface area contributed by atoms with Gasteiger partial charge in [-0.25, -0.2) is 0 Å². The molecule has 0 saturated heterocycles. The highest BCUT2D eigenvalue weighted by atomic mass is 32.2. The van der Waals surface area contributed by atoms with Crippen molar-refractivity contribution in [1.82, 2.24) is 0 Å². The Labute approximate surface area is 149 Å². The summed E-state index contributed by atoms with van der Waals surface area (Å²) in [5, 5.41) is 0.0700. The third-order valence-corrected chi connectivity index (χ3v) is 5.51. The molecule has 23 heavy (non-hydrogen) atoms. The molecule has 0 amide bonds. The first kappa shape index (κ1) is 22.5. The molecule has 3 nitrogen and oxygen atoms in total. The van der Waals surface area contributed by atoms with Gasteiger partial charge in [-0.1, -0.05) is 50.5 Å². The number of ether oxygens (including phenoxy) is 1. The molecule has 0 rings (SSSR count). The molecule has 0 heterocycles. The van der Waals surface area contributed by atoms with Crippen molar-refractivity contribution in [3.8, 4) is 0 Å². The lowest BCUT2D eigenvalue weighted by atomic mass is 10.1. The van der Waals surface area contributed by atoms with Gasteiger partial charge in [0.25, 0.3) is 0 Å². The molecule has 0 fully saturated rings. The summed E-state index contributed by atoms with van der Waals surface area (Å²) in [7, 11) is 0. The van der Waals surface area contributed by atoms with Gasteiger partial charge in [-0.05, 0) is 51.7 Å². The van der Waals surface area contributed by atoms with Crippen LogP contribution in [0.3, 0.4) is 0 Å². The average molecular weight is 359 g/mol. The third kappa shape index (κ3) is 10.8. The van der Waals surface area contributed by atoms with Crippen molar-refractivity contribution < 1.29 is 14.3 Å². The van der Waals surface area contributed by atoms with Gasteiger partial charge < -0.3 is 4.74 Å². The van der Waals surface area contributed by atoms with Crippen LogP contribution in [0.25, 0.3) is 0 Å². The van der Waals surface area contributed by atoms with Gasteiger partial charge in [0.1, 0.15) is 0 Å². The zero-order valence-corrected chi connectivity index (χ0v) is 16.9. The van der Waals surface area contributed by atoms with Crippen molar-refractivity contribution in [2.75, 3.05) is 12.4 Å². The Morgan fingerprint density at radius 3 is 1.96 bits per heavy atom. The number of carbonyl (C=O) groups is 2. The minimum absolute atomic E-state index is 0.0315. The van der Waals surface area contributed by atoms with Crippen LogP contribution >= 0.6 is 23.5 Å². The number of rotatable bonds is 10. The van der Waals surface area contributed by atoms with E-state index < -0.39 is 0 Å². The number of hydrogen-bond donors (Lipinski definition) is 0. The van der Waals surface area contributed by atoms with E-state index in [0.717, 1.165) is 12.8 Å². The maximum absolute atomic E-state index is 11.8. The molecule has 0 aliphatic carbocycles. The highest BCUT2D eigenvalue weighted by molar-refractivity contribution is 8.15. The molecule has 0 N–H and O–H groups in total. The van der Waals surface area contributed by atoms with Crippen LogP contribution < -0.4 is 0 Å². The molecular weight excluding hydrogens is 328 g/mol. The number of thioether (sulfide) groups is 2. The Kier molecular flexibility index (Phi) is 9.48. The fourth-order valence-electron chi connectivity index (χ4n) is 1.55. The lowest BCUT2D eigenvalue weighted by molar-refractivity contribution is -0.108. The summed E-state index contributed by atoms with van der Waals surface area (Å²) in [6.45, 7) is 19.5. The van der Waals surface area contributed by atoms with Crippen LogP contribution in [0, 0.1) is 0 Å². The molecule has 0 atom stereocenters. The maximum atomic E-state index is 11.8. The Morgan fingerprint density at radius 1 is 0.957 bits per heavy atom. The first-order chi connectivity index (χ1) is 10.4. The normalized spacial score (nSPS) is 12.1. The molecule has 0 spiro atoms. The molecule has 0 bridgehead atoms. The molecule has 0 unspecified atom stereocenters. The van der Waals surface area contributed by atoms with Crippen LogP contribution in [0.4, 0.5) is 0 Å². The SMILES string of the molecule is C=C(C)C(=O)SCCC(C)(C)OCCC(C)(C)SC(=O)C(=C)C. The second kappa shape index (κ2) is 9.70. The van der Waals surface area contributed by atoms with Crippen molar-refractivity contribution in [2.45, 2.75) is 64.7 Å². The van der Waals surface area contributed by atoms with E-state index in [2.05, 4.69) is 13.2 Å². The molecule has 0 aromatic rings. The third-order valence-electron chi connectivity index (χ3n) is 3.20. The number of carbonyl (C=O) groups excluding carboxylic acids is 2. The molecule has 0 saturated carbocycles. The van der Waals surface area contributed by atoms with E-state index >= 15 is 0 Å². The fourth-order valence-corrected chi connectivity index (χ4v) is 3.43. The summed E-state index contributed by atoms with van der Waals surface area (Å²) < 4.78 is 5.77. The molecule has 0 aliphatic heterocycles. The smallest absolute Gasteiger partial charge is 0.214 e. The van der Waals surface area contributed by atoms with E-state index in [1.807, 2.05) is 27.7 Å². The minimum atomic E-state index is -0.290. The molecule has 132 valence electrons. The van der Waals surface area contributed by atoms with Crippen LogP contribution in [-0.4, -0.2) is 32.9 Å². The largest absolute Gasteiger partial charge is 0.375 e. The zero-order chi connectivity index (χ0) is 18.3. The predicted octanol–water partition coefficient (Wildman–Crippen LogP) is 5.01. The molecule has 0 aliphatic rings. The fraction of sp³-hybridized carbons (Fsp3) is 0.667. The topological polar surface area (TPSA) is 43.4 Å². The van der Waals surface area contributed by atoms with Crippen LogP contribution in [0.15, 0.2) is 24.3 Å². The van der Waals surface area contributed by atoms with Crippen molar-refractivity contribution in [3.63, 3.8) is 0 Å². The predicted molar refractivity (Wildman–Crippen MR) is 103 cm³/mol. The second-order valence-electron chi connectivity index (χ2n) is 6.95. The van der Waals surface area contributed by atoms with Gasteiger partial charge in [-0.3, -0.25) is 9.59 Å². The summed E-state index contributed by atoms with van der Waals surface area (Å²) in [5.41, 5.74) is 0.861. The van der Waals surface area contributed by atoms with Gasteiger partial charge in [0.05, 0.1) is 5.60 Å². The zero-order valence-electron chi connectivity index (χ0n) is 15.3. The summed E-state index contributed by atoms with van der Waals surface area (Å²) >= 11 is 2.59. The van der Waals surface area contributed by atoms with E-state index in [4.69, 9.17) is 4.74 Å². The maximum Gasteiger partial charge on any atom is 0.214 e. The first-order valence-electron chi connectivity index (χ1n) is 7.72. The minimum Gasteiger partial charge on any atom is -0.375 e. The summed E-state index contributed by atoms with van der Waals surface area (Å²) in [5.74, 6) is 0.713. The van der Waals surface area contributed by atoms with Gasteiger partial charge in [0.15, 0.2) is 0 Å². The Bertz CT molecular complexity index is 465. The second-order valence-corrected chi connectivity index (χ2v) is 9.70. The van der Waals surface area contributed by atoms with Crippen LogP contribution in [0.2, 0.25) is 0 Å². The van der Waals surface area contributed by atoms with Crippen molar-refractivity contribution >= 4 is 33.8 Å². The summed E-state index contributed by atoms with van der Waals surface area (Å²) in [4.78, 5) is 23.3. The standard InChI is InChI=1S/C18H30O3S2/c1-13(2)15(19)22-12-10-17(5,6)21-11-9-18(7,8)23-16(20)14(3)4/h1,3,9-12H2,2,4-8H3. The average Bonchev–Trinajstić information content (AvgIpc) is 2.36. The van der Waals surface area contributed by atoms with Gasteiger partial charge in [-0.2, -0.15) is 0 Å². The van der Waals surface area contributed by atoms with Gasteiger partial charge in [0, 0.05) is 17.1 Å². The highest BCUT2D eigenvalue weighted by Gasteiger charge is 2.25. The van der Waals surface area contributed by atoms with Crippen LogP contribution in [-0.2, 0) is 14.3 Å². The molecule has 0 aromatic carbocycles. The van der Waals surface area contributed by atoms with Gasteiger partial charge in [-0.15, -0.1) is 0 Å². The van der Waals surface area contributed by atoms with Crippen molar-refractivity contribution in [3.05, 3.63) is 24.3 Å². The Morgan fingerprint density at radius 2 is 1.48 bits per heavy atom. The van der Waals surface area contributed by atoms with E-state index in [-0.39, 0.29) is 20.6 Å². The van der Waals surface area contributed by atoms with Crippen LogP contribution in [0.1, 0.15) is 54.4 Å². The van der Waals surface area contributed by atoms with Crippen molar-refractivity contribution in [1.29, 1.82) is 0 Å². The Hall–Kier alpha value is -0.520. The summed E-state index contributed by atoms with van der Waals surface area (Å²) in [6.07, 6.45) is 1.56. The van der Waals surface area contributed by atoms with E-state index in [1.54, 1.807) is 13.8 Å². The molecule has 5 heteroatoms. The van der Waals surface area contributed by atoms with Gasteiger partial charge >= 0.3 is 0 Å². The Balaban J connectivity index is 4.18. The number of hydrogen-bond acceptors (Lipinski definition) is 5. The molecule has 0 aromatic heterocycles. The molecule has 0 radical (unpaired) electrons. The quantitative estimate of drug-likeness (QED) is 0.513. The highest BCUT2D eigenvalue weighted by Crippen LogP contribution is 2.31. The first-order valence-corrected chi connectivity index (χ1v) is 9.52. The lowest BCUT2D eigenvalue weighted by Gasteiger charge is -2.28. The summed E-state index contributed by atoms with van der Waals surface area (Å²) in [6, 6.07) is 0.